The van der Waals surface area contributed by atoms with Crippen molar-refractivity contribution in [3.8, 4) is 0 Å². The fourth-order valence-electron chi connectivity index (χ4n) is 3.32. The average molecular weight is 245 g/mol. The molecule has 0 aliphatic heterocycles. The summed E-state index contributed by atoms with van der Waals surface area (Å²) in [5.74, 6) is 1.65. The topological polar surface area (TPSA) is 12.0 Å². The van der Waals surface area contributed by atoms with E-state index < -0.39 is 0 Å². The van der Waals surface area contributed by atoms with Crippen molar-refractivity contribution in [1.82, 2.24) is 5.32 Å². The maximum Gasteiger partial charge on any atom is 0.0294 e. The van der Waals surface area contributed by atoms with Gasteiger partial charge in [-0.3, -0.25) is 0 Å². The highest BCUT2D eigenvalue weighted by molar-refractivity contribution is 5.18. The van der Waals surface area contributed by atoms with Crippen LogP contribution in [0.4, 0.5) is 0 Å². The van der Waals surface area contributed by atoms with Gasteiger partial charge in [0, 0.05) is 12.1 Å². The molecule has 1 aromatic rings. The highest BCUT2D eigenvalue weighted by atomic mass is 15.0. The smallest absolute Gasteiger partial charge is 0.0294 e. The summed E-state index contributed by atoms with van der Waals surface area (Å²) in [6.45, 7) is 7.04. The van der Waals surface area contributed by atoms with E-state index in [1.54, 1.807) is 0 Å². The summed E-state index contributed by atoms with van der Waals surface area (Å²) in [7, 11) is 0. The van der Waals surface area contributed by atoms with Crippen LogP contribution < -0.4 is 5.32 Å². The molecule has 0 aromatic heterocycles. The molecule has 1 fully saturated rings. The van der Waals surface area contributed by atoms with Crippen LogP contribution in [-0.4, -0.2) is 6.04 Å². The Labute approximate surface area is 112 Å². The van der Waals surface area contributed by atoms with E-state index in [4.69, 9.17) is 0 Å². The van der Waals surface area contributed by atoms with Gasteiger partial charge in [-0.25, -0.2) is 0 Å². The van der Waals surface area contributed by atoms with Gasteiger partial charge >= 0.3 is 0 Å². The maximum absolute atomic E-state index is 3.87. The molecular weight excluding hydrogens is 218 g/mol. The summed E-state index contributed by atoms with van der Waals surface area (Å²) >= 11 is 0. The van der Waals surface area contributed by atoms with Crippen molar-refractivity contribution in [1.29, 1.82) is 0 Å². The summed E-state index contributed by atoms with van der Waals surface area (Å²) < 4.78 is 0. The minimum absolute atomic E-state index is 0.468. The normalized spacial score (nSPS) is 26.2. The molecule has 1 aliphatic carbocycles. The fourth-order valence-corrected chi connectivity index (χ4v) is 3.32. The zero-order valence-corrected chi connectivity index (χ0v) is 12.0. The van der Waals surface area contributed by atoms with Crippen LogP contribution in [0.3, 0.4) is 0 Å². The zero-order valence-electron chi connectivity index (χ0n) is 12.0. The molecular formula is C17H27N. The van der Waals surface area contributed by atoms with E-state index in [1.807, 2.05) is 0 Å². The van der Waals surface area contributed by atoms with Crippen molar-refractivity contribution in [2.24, 2.45) is 11.8 Å². The minimum atomic E-state index is 0.468. The largest absolute Gasteiger partial charge is 0.307 e. The Morgan fingerprint density at radius 3 is 2.33 bits per heavy atom. The van der Waals surface area contributed by atoms with Crippen LogP contribution in [0, 0.1) is 11.8 Å². The Morgan fingerprint density at radius 1 is 1.00 bits per heavy atom. The zero-order chi connectivity index (χ0) is 13.0. The summed E-state index contributed by atoms with van der Waals surface area (Å²) in [6.07, 6.45) is 5.56. The molecule has 0 radical (unpaired) electrons. The highest BCUT2D eigenvalue weighted by Crippen LogP contribution is 2.31. The first kappa shape index (κ1) is 13.6. The van der Waals surface area contributed by atoms with Gasteiger partial charge in [-0.2, -0.15) is 0 Å². The van der Waals surface area contributed by atoms with Crippen LogP contribution in [0.2, 0.25) is 0 Å². The molecule has 1 heteroatoms. The number of benzene rings is 1. The van der Waals surface area contributed by atoms with Gasteiger partial charge in [0.25, 0.3) is 0 Å². The van der Waals surface area contributed by atoms with Crippen LogP contribution in [-0.2, 0) is 0 Å². The van der Waals surface area contributed by atoms with E-state index in [0.29, 0.717) is 12.1 Å². The van der Waals surface area contributed by atoms with E-state index in [2.05, 4.69) is 56.4 Å². The summed E-state index contributed by atoms with van der Waals surface area (Å²) in [5, 5.41) is 3.87. The van der Waals surface area contributed by atoms with Gasteiger partial charge in [0.1, 0.15) is 0 Å². The van der Waals surface area contributed by atoms with Gasteiger partial charge in [-0.1, -0.05) is 57.0 Å². The lowest BCUT2D eigenvalue weighted by Gasteiger charge is -2.37. The molecule has 2 rings (SSSR count). The molecule has 0 amide bonds. The van der Waals surface area contributed by atoms with E-state index >= 15 is 0 Å². The average Bonchev–Trinajstić information content (AvgIpc) is 2.40. The predicted molar refractivity (Wildman–Crippen MR) is 78.6 cm³/mol. The van der Waals surface area contributed by atoms with E-state index in [9.17, 15) is 0 Å². The molecule has 1 nitrogen and oxygen atoms in total. The van der Waals surface area contributed by atoms with Gasteiger partial charge in [-0.15, -0.1) is 0 Å². The van der Waals surface area contributed by atoms with Gasteiger partial charge < -0.3 is 5.32 Å². The molecule has 1 N–H and O–H groups in total. The molecule has 18 heavy (non-hydrogen) atoms. The SMILES string of the molecule is CC(C)C1CCCCC1N[C@@H](C)c1ccccc1. The molecule has 1 aromatic carbocycles. The van der Waals surface area contributed by atoms with E-state index in [0.717, 1.165) is 11.8 Å². The molecule has 1 saturated carbocycles. The highest BCUT2D eigenvalue weighted by Gasteiger charge is 2.28. The molecule has 0 bridgehead atoms. The minimum Gasteiger partial charge on any atom is -0.307 e. The first-order valence-electron chi connectivity index (χ1n) is 7.49. The quantitative estimate of drug-likeness (QED) is 0.820. The standard InChI is InChI=1S/C17H27N/c1-13(2)16-11-7-8-12-17(16)18-14(3)15-9-5-4-6-10-15/h4-6,9-10,13-14,16-18H,7-8,11-12H2,1-3H3/t14-,16?,17?/m0/s1. The first-order valence-corrected chi connectivity index (χ1v) is 7.49. The molecule has 1 aliphatic rings. The second kappa shape index (κ2) is 6.38. The molecule has 3 atom stereocenters. The Kier molecular flexibility index (Phi) is 4.82. The molecule has 0 heterocycles. The Morgan fingerprint density at radius 2 is 1.67 bits per heavy atom. The Bertz CT molecular complexity index is 344. The fraction of sp³-hybridized carbons (Fsp3) is 0.647. The Hall–Kier alpha value is -0.820. The van der Waals surface area contributed by atoms with Gasteiger partial charge in [0.15, 0.2) is 0 Å². The summed E-state index contributed by atoms with van der Waals surface area (Å²) in [4.78, 5) is 0. The van der Waals surface area contributed by atoms with Gasteiger partial charge in [0.2, 0.25) is 0 Å². The third-order valence-corrected chi connectivity index (χ3v) is 4.44. The predicted octanol–water partition coefficient (Wildman–Crippen LogP) is 4.55. The molecule has 100 valence electrons. The van der Waals surface area contributed by atoms with Crippen LogP contribution in [0.1, 0.15) is 58.1 Å². The number of rotatable bonds is 4. The van der Waals surface area contributed by atoms with Crippen molar-refractivity contribution in [2.45, 2.75) is 58.5 Å². The summed E-state index contributed by atoms with van der Waals surface area (Å²) in [5.41, 5.74) is 1.41. The lowest BCUT2D eigenvalue weighted by Crippen LogP contribution is -2.41. The van der Waals surface area contributed by atoms with Crippen molar-refractivity contribution < 1.29 is 0 Å². The van der Waals surface area contributed by atoms with Crippen molar-refractivity contribution in [2.75, 3.05) is 0 Å². The van der Waals surface area contributed by atoms with E-state index in [1.165, 1.54) is 31.2 Å². The summed E-state index contributed by atoms with van der Waals surface area (Å²) in [6, 6.07) is 12.0. The van der Waals surface area contributed by atoms with Crippen molar-refractivity contribution in [3.05, 3.63) is 35.9 Å². The maximum atomic E-state index is 3.87. The van der Waals surface area contributed by atoms with Crippen LogP contribution in [0.25, 0.3) is 0 Å². The van der Waals surface area contributed by atoms with Crippen LogP contribution in [0.5, 0.6) is 0 Å². The van der Waals surface area contributed by atoms with Gasteiger partial charge in [-0.05, 0) is 37.2 Å². The Balaban J connectivity index is 1.99. The molecule has 0 spiro atoms. The molecule has 0 saturated heterocycles. The number of hydrogen-bond donors (Lipinski definition) is 1. The van der Waals surface area contributed by atoms with E-state index in [-0.39, 0.29) is 0 Å². The second-order valence-electron chi connectivity index (χ2n) is 6.10. The third kappa shape index (κ3) is 3.35. The molecule has 2 unspecified atom stereocenters. The van der Waals surface area contributed by atoms with Crippen LogP contribution >= 0.6 is 0 Å². The van der Waals surface area contributed by atoms with Crippen molar-refractivity contribution >= 4 is 0 Å². The van der Waals surface area contributed by atoms with Crippen LogP contribution in [0.15, 0.2) is 30.3 Å². The lowest BCUT2D eigenvalue weighted by atomic mass is 9.77. The van der Waals surface area contributed by atoms with Crippen molar-refractivity contribution in [3.63, 3.8) is 0 Å². The third-order valence-electron chi connectivity index (χ3n) is 4.44. The second-order valence-corrected chi connectivity index (χ2v) is 6.10. The number of nitrogens with one attached hydrogen (secondary N) is 1. The van der Waals surface area contributed by atoms with Gasteiger partial charge in [0.05, 0.1) is 0 Å². The first-order chi connectivity index (χ1) is 8.68. The lowest BCUT2D eigenvalue weighted by molar-refractivity contribution is 0.195. The number of hydrogen-bond acceptors (Lipinski definition) is 1. The monoisotopic (exact) mass is 245 g/mol.